The zero-order valence-electron chi connectivity index (χ0n) is 10.9. The highest BCUT2D eigenvalue weighted by molar-refractivity contribution is 9.09. The summed E-state index contributed by atoms with van der Waals surface area (Å²) >= 11 is 3.60. The van der Waals surface area contributed by atoms with Gasteiger partial charge in [-0.25, -0.2) is 0 Å². The predicted octanol–water partition coefficient (Wildman–Crippen LogP) is 4.67. The first-order chi connectivity index (χ1) is 9.56. The molecule has 0 aliphatic heterocycles. The van der Waals surface area contributed by atoms with Gasteiger partial charge in [0, 0.05) is 23.1 Å². The quantitative estimate of drug-likeness (QED) is 0.737. The smallest absolute Gasteiger partial charge is 0.387 e. The summed E-state index contributed by atoms with van der Waals surface area (Å²) in [6.45, 7) is -0.779. The second-order valence-corrected chi connectivity index (χ2v) is 5.49. The third-order valence-electron chi connectivity index (χ3n) is 2.96. The fourth-order valence-electron chi connectivity index (χ4n) is 1.88. The minimum Gasteiger partial charge on any atom is -0.435 e. The molecule has 0 amide bonds. The first kappa shape index (κ1) is 14.9. The van der Waals surface area contributed by atoms with Crippen LogP contribution in [0.15, 0.2) is 42.6 Å². The number of halogens is 3. The van der Waals surface area contributed by atoms with Crippen molar-refractivity contribution in [3.63, 3.8) is 0 Å². The zero-order valence-corrected chi connectivity index (χ0v) is 12.5. The van der Waals surface area contributed by atoms with Crippen LogP contribution in [0.25, 0.3) is 0 Å². The minimum absolute atomic E-state index is 0.0803. The molecule has 5 heteroatoms. The van der Waals surface area contributed by atoms with Crippen LogP contribution < -0.4 is 4.74 Å². The Labute approximate surface area is 124 Å². The SMILES string of the molecule is Cc1cccnc1CC(Br)c1ccc(OC(F)F)cc1. The molecule has 0 radical (unpaired) electrons. The third-order valence-corrected chi connectivity index (χ3v) is 3.81. The van der Waals surface area contributed by atoms with Crippen molar-refractivity contribution in [2.45, 2.75) is 24.8 Å². The van der Waals surface area contributed by atoms with Gasteiger partial charge < -0.3 is 4.74 Å². The van der Waals surface area contributed by atoms with Crippen molar-refractivity contribution in [1.29, 1.82) is 0 Å². The number of hydrogen-bond acceptors (Lipinski definition) is 2. The van der Waals surface area contributed by atoms with E-state index in [2.05, 4.69) is 25.7 Å². The summed E-state index contributed by atoms with van der Waals surface area (Å²) in [5, 5.41) is 0. The van der Waals surface area contributed by atoms with Crippen LogP contribution in [-0.2, 0) is 6.42 Å². The first-order valence-electron chi connectivity index (χ1n) is 6.15. The summed E-state index contributed by atoms with van der Waals surface area (Å²) in [5.41, 5.74) is 3.15. The Morgan fingerprint density at radius 3 is 2.50 bits per heavy atom. The van der Waals surface area contributed by atoms with Gasteiger partial charge in [0.2, 0.25) is 0 Å². The van der Waals surface area contributed by atoms with Gasteiger partial charge in [0.05, 0.1) is 0 Å². The maximum absolute atomic E-state index is 12.1. The van der Waals surface area contributed by atoms with Crippen LogP contribution in [-0.4, -0.2) is 11.6 Å². The van der Waals surface area contributed by atoms with E-state index >= 15 is 0 Å². The summed E-state index contributed by atoms with van der Waals surface area (Å²) in [6, 6.07) is 10.5. The van der Waals surface area contributed by atoms with Crippen LogP contribution in [0.2, 0.25) is 0 Å². The highest BCUT2D eigenvalue weighted by Crippen LogP contribution is 2.29. The molecule has 0 fully saturated rings. The summed E-state index contributed by atoms with van der Waals surface area (Å²) in [7, 11) is 0. The third kappa shape index (κ3) is 4.00. The molecule has 2 nitrogen and oxygen atoms in total. The van der Waals surface area contributed by atoms with Gasteiger partial charge in [-0.1, -0.05) is 34.1 Å². The fraction of sp³-hybridized carbons (Fsp3) is 0.267. The van der Waals surface area contributed by atoms with E-state index in [-0.39, 0.29) is 10.6 Å². The van der Waals surface area contributed by atoms with Crippen LogP contribution in [0.3, 0.4) is 0 Å². The highest BCUT2D eigenvalue weighted by Gasteiger charge is 2.12. The maximum atomic E-state index is 12.1. The highest BCUT2D eigenvalue weighted by atomic mass is 79.9. The molecule has 0 bridgehead atoms. The zero-order chi connectivity index (χ0) is 14.5. The van der Waals surface area contributed by atoms with Gasteiger partial charge in [-0.05, 0) is 36.2 Å². The van der Waals surface area contributed by atoms with Gasteiger partial charge in [-0.2, -0.15) is 8.78 Å². The lowest BCUT2D eigenvalue weighted by Gasteiger charge is -2.12. The second kappa shape index (κ2) is 6.79. The monoisotopic (exact) mass is 341 g/mol. The van der Waals surface area contributed by atoms with Gasteiger partial charge in [-0.15, -0.1) is 0 Å². The number of aryl methyl sites for hydroxylation is 1. The van der Waals surface area contributed by atoms with Crippen molar-refractivity contribution < 1.29 is 13.5 Å². The Balaban J connectivity index is 2.06. The molecule has 0 aliphatic carbocycles. The van der Waals surface area contributed by atoms with E-state index in [4.69, 9.17) is 0 Å². The molecular formula is C15H14BrF2NO. The van der Waals surface area contributed by atoms with Crippen LogP contribution in [0.5, 0.6) is 5.75 Å². The number of aromatic nitrogens is 1. The molecule has 1 aromatic carbocycles. The van der Waals surface area contributed by atoms with E-state index in [1.165, 1.54) is 0 Å². The van der Waals surface area contributed by atoms with Crippen molar-refractivity contribution in [3.05, 3.63) is 59.4 Å². The standard InChI is InChI=1S/C15H14BrF2NO/c1-10-3-2-8-19-14(10)9-13(16)11-4-6-12(7-5-11)20-15(17)18/h2-8,13,15H,9H2,1H3. The van der Waals surface area contributed by atoms with Crippen molar-refractivity contribution in [1.82, 2.24) is 4.98 Å². The molecule has 20 heavy (non-hydrogen) atoms. The molecule has 1 aromatic heterocycles. The van der Waals surface area contributed by atoms with E-state index in [0.717, 1.165) is 23.2 Å². The second-order valence-electron chi connectivity index (χ2n) is 4.39. The molecule has 0 spiro atoms. The normalized spacial score (nSPS) is 12.4. The molecule has 0 saturated carbocycles. The summed E-state index contributed by atoms with van der Waals surface area (Å²) in [6.07, 6.45) is 2.50. The number of rotatable bonds is 5. The number of nitrogens with zero attached hydrogens (tertiary/aromatic N) is 1. The molecule has 1 heterocycles. The molecule has 0 saturated heterocycles. The molecule has 1 atom stereocenters. The maximum Gasteiger partial charge on any atom is 0.387 e. The van der Waals surface area contributed by atoms with E-state index < -0.39 is 6.61 Å². The van der Waals surface area contributed by atoms with Gasteiger partial charge in [-0.3, -0.25) is 4.98 Å². The number of pyridine rings is 1. The average molecular weight is 342 g/mol. The number of hydrogen-bond donors (Lipinski definition) is 0. The Morgan fingerprint density at radius 2 is 1.90 bits per heavy atom. The van der Waals surface area contributed by atoms with E-state index in [1.807, 2.05) is 19.1 Å². The lowest BCUT2D eigenvalue weighted by molar-refractivity contribution is -0.0498. The average Bonchev–Trinajstić information content (AvgIpc) is 2.41. The minimum atomic E-state index is -2.79. The molecule has 0 aliphatic rings. The molecule has 0 N–H and O–H groups in total. The van der Waals surface area contributed by atoms with Gasteiger partial charge in [0.15, 0.2) is 0 Å². The van der Waals surface area contributed by atoms with E-state index in [1.54, 1.807) is 30.5 Å². The summed E-state index contributed by atoms with van der Waals surface area (Å²) in [5.74, 6) is 0.164. The van der Waals surface area contributed by atoms with Crippen LogP contribution in [0.4, 0.5) is 8.78 Å². The van der Waals surface area contributed by atoms with E-state index in [9.17, 15) is 8.78 Å². The molecule has 2 rings (SSSR count). The summed E-state index contributed by atoms with van der Waals surface area (Å²) in [4.78, 5) is 4.43. The topological polar surface area (TPSA) is 22.1 Å². The predicted molar refractivity (Wildman–Crippen MR) is 77.4 cm³/mol. The molecule has 2 aromatic rings. The Bertz CT molecular complexity index is 560. The Morgan fingerprint density at radius 1 is 1.20 bits per heavy atom. The largest absolute Gasteiger partial charge is 0.435 e. The number of alkyl halides is 3. The number of benzene rings is 1. The van der Waals surface area contributed by atoms with E-state index in [0.29, 0.717) is 0 Å². The Hall–Kier alpha value is -1.49. The van der Waals surface area contributed by atoms with Crippen molar-refractivity contribution in [2.24, 2.45) is 0 Å². The van der Waals surface area contributed by atoms with Crippen LogP contribution in [0, 0.1) is 6.92 Å². The lowest BCUT2D eigenvalue weighted by atomic mass is 10.1. The molecule has 106 valence electrons. The van der Waals surface area contributed by atoms with Crippen LogP contribution >= 0.6 is 15.9 Å². The van der Waals surface area contributed by atoms with Gasteiger partial charge in [0.25, 0.3) is 0 Å². The van der Waals surface area contributed by atoms with Crippen molar-refractivity contribution in [3.8, 4) is 5.75 Å². The fourth-order valence-corrected chi connectivity index (χ4v) is 2.49. The lowest BCUT2D eigenvalue weighted by Crippen LogP contribution is -2.03. The molecule has 1 unspecified atom stereocenters. The van der Waals surface area contributed by atoms with Gasteiger partial charge >= 0.3 is 6.61 Å². The summed E-state index contributed by atoms with van der Waals surface area (Å²) < 4.78 is 28.5. The first-order valence-corrected chi connectivity index (χ1v) is 7.07. The Kier molecular flexibility index (Phi) is 5.06. The van der Waals surface area contributed by atoms with Crippen LogP contribution in [0.1, 0.15) is 21.6 Å². The van der Waals surface area contributed by atoms with Crippen molar-refractivity contribution >= 4 is 15.9 Å². The van der Waals surface area contributed by atoms with Crippen molar-refractivity contribution in [2.75, 3.05) is 0 Å². The number of ether oxygens (including phenoxy) is 1. The van der Waals surface area contributed by atoms with Gasteiger partial charge in [0.1, 0.15) is 5.75 Å². The molecular weight excluding hydrogens is 328 g/mol.